The van der Waals surface area contributed by atoms with Gasteiger partial charge in [0.1, 0.15) is 0 Å². The van der Waals surface area contributed by atoms with Gasteiger partial charge >= 0.3 is 0 Å². The van der Waals surface area contributed by atoms with Crippen molar-refractivity contribution in [3.8, 4) is 0 Å². The monoisotopic (exact) mass is 270 g/mol. The predicted molar refractivity (Wildman–Crippen MR) is 79.7 cm³/mol. The lowest BCUT2D eigenvalue weighted by atomic mass is 9.84. The topological polar surface area (TPSA) is 24.8 Å². The van der Waals surface area contributed by atoms with E-state index in [2.05, 4.69) is 61.2 Å². The van der Waals surface area contributed by atoms with E-state index in [-0.39, 0.29) is 11.6 Å². The SMILES string of the molecule is CC(C)(C)N1CC2CC1C1ON=C(c3ccccc3)C21. The zero-order chi connectivity index (χ0) is 13.9. The second-order valence-electron chi connectivity index (χ2n) is 7.32. The summed E-state index contributed by atoms with van der Waals surface area (Å²) >= 11 is 0. The molecule has 20 heavy (non-hydrogen) atoms. The van der Waals surface area contributed by atoms with Crippen molar-refractivity contribution in [1.82, 2.24) is 4.90 Å². The van der Waals surface area contributed by atoms with Gasteiger partial charge in [-0.3, -0.25) is 4.90 Å². The number of oxime groups is 1. The van der Waals surface area contributed by atoms with Crippen LogP contribution in [-0.2, 0) is 4.84 Å². The highest BCUT2D eigenvalue weighted by atomic mass is 16.6. The Hall–Kier alpha value is -1.35. The lowest BCUT2D eigenvalue weighted by Crippen LogP contribution is -2.54. The van der Waals surface area contributed by atoms with E-state index >= 15 is 0 Å². The van der Waals surface area contributed by atoms with E-state index in [9.17, 15) is 0 Å². The minimum atomic E-state index is 0.225. The molecule has 0 amide bonds. The maximum Gasteiger partial charge on any atom is 0.151 e. The molecule has 1 aromatic carbocycles. The number of benzene rings is 1. The average molecular weight is 270 g/mol. The maximum absolute atomic E-state index is 5.85. The number of nitrogens with zero attached hydrogens (tertiary/aromatic N) is 2. The van der Waals surface area contributed by atoms with Crippen molar-refractivity contribution in [2.24, 2.45) is 17.0 Å². The van der Waals surface area contributed by atoms with Crippen molar-refractivity contribution in [2.45, 2.75) is 44.9 Å². The molecule has 3 aliphatic rings. The van der Waals surface area contributed by atoms with Crippen molar-refractivity contribution < 1.29 is 4.84 Å². The molecule has 106 valence electrons. The molecule has 3 nitrogen and oxygen atoms in total. The Morgan fingerprint density at radius 1 is 1.20 bits per heavy atom. The number of hydrogen-bond donors (Lipinski definition) is 0. The Morgan fingerprint density at radius 3 is 2.65 bits per heavy atom. The lowest BCUT2D eigenvalue weighted by molar-refractivity contribution is -0.0338. The highest BCUT2D eigenvalue weighted by molar-refractivity contribution is 6.03. The van der Waals surface area contributed by atoms with Crippen LogP contribution in [0.15, 0.2) is 35.5 Å². The van der Waals surface area contributed by atoms with Crippen LogP contribution < -0.4 is 0 Å². The van der Waals surface area contributed by atoms with E-state index < -0.39 is 0 Å². The van der Waals surface area contributed by atoms with Crippen LogP contribution in [-0.4, -0.2) is 34.8 Å². The van der Waals surface area contributed by atoms with Gasteiger partial charge in [0.05, 0.1) is 17.7 Å². The first-order valence-electron chi connectivity index (χ1n) is 7.61. The summed E-state index contributed by atoms with van der Waals surface area (Å²) in [6, 6.07) is 11.1. The zero-order valence-electron chi connectivity index (χ0n) is 12.4. The molecule has 0 spiro atoms. The molecule has 1 saturated carbocycles. The van der Waals surface area contributed by atoms with Gasteiger partial charge in [-0.2, -0.15) is 0 Å². The normalized spacial score (nSPS) is 35.9. The van der Waals surface area contributed by atoms with Crippen molar-refractivity contribution in [3.63, 3.8) is 0 Å². The van der Waals surface area contributed by atoms with Crippen LogP contribution in [0.1, 0.15) is 32.8 Å². The standard InChI is InChI=1S/C17H22N2O/c1-17(2,3)19-10-12-9-13(19)16-14(12)15(18-20-16)11-7-5-4-6-8-11/h4-8,12-14,16H,9-10H2,1-3H3. The van der Waals surface area contributed by atoms with Crippen molar-refractivity contribution in [2.75, 3.05) is 6.54 Å². The Kier molecular flexibility index (Phi) is 2.53. The fraction of sp³-hybridized carbons (Fsp3) is 0.588. The molecule has 2 bridgehead atoms. The molecule has 4 rings (SSSR count). The zero-order valence-corrected chi connectivity index (χ0v) is 12.4. The van der Waals surface area contributed by atoms with Gasteiger partial charge in [0.25, 0.3) is 0 Å². The van der Waals surface area contributed by atoms with Gasteiger partial charge in [0, 0.05) is 12.1 Å². The summed E-state index contributed by atoms with van der Waals surface area (Å²) in [5.74, 6) is 1.20. The van der Waals surface area contributed by atoms with E-state index in [1.54, 1.807) is 0 Å². The summed E-state index contributed by atoms with van der Waals surface area (Å²) < 4.78 is 0. The van der Waals surface area contributed by atoms with E-state index in [1.807, 2.05) is 0 Å². The molecule has 1 saturated heterocycles. The highest BCUT2D eigenvalue weighted by Gasteiger charge is 2.59. The van der Waals surface area contributed by atoms with Crippen LogP contribution in [0.3, 0.4) is 0 Å². The van der Waals surface area contributed by atoms with Gasteiger partial charge < -0.3 is 4.84 Å². The minimum Gasteiger partial charge on any atom is -0.390 e. The molecule has 4 atom stereocenters. The largest absolute Gasteiger partial charge is 0.390 e. The van der Waals surface area contributed by atoms with Crippen LogP contribution in [0.4, 0.5) is 0 Å². The number of piperidine rings is 1. The quantitative estimate of drug-likeness (QED) is 0.784. The van der Waals surface area contributed by atoms with Crippen LogP contribution in [0.5, 0.6) is 0 Å². The van der Waals surface area contributed by atoms with Gasteiger partial charge in [-0.1, -0.05) is 35.5 Å². The summed E-state index contributed by atoms with van der Waals surface area (Å²) in [6.07, 6.45) is 1.53. The highest BCUT2D eigenvalue weighted by Crippen LogP contribution is 2.50. The number of rotatable bonds is 1. The summed E-state index contributed by atoms with van der Waals surface area (Å²) in [6.45, 7) is 8.09. The number of likely N-dealkylation sites (tertiary alicyclic amines) is 1. The van der Waals surface area contributed by atoms with Crippen molar-refractivity contribution >= 4 is 5.71 Å². The molecule has 3 heteroatoms. The third-order valence-corrected chi connectivity index (χ3v) is 5.14. The third-order valence-electron chi connectivity index (χ3n) is 5.14. The molecule has 2 fully saturated rings. The Morgan fingerprint density at radius 2 is 1.95 bits per heavy atom. The lowest BCUT2D eigenvalue weighted by Gasteiger charge is -2.42. The van der Waals surface area contributed by atoms with E-state index in [1.165, 1.54) is 24.2 Å². The fourth-order valence-corrected chi connectivity index (χ4v) is 4.30. The summed E-state index contributed by atoms with van der Waals surface area (Å²) in [4.78, 5) is 8.46. The summed E-state index contributed by atoms with van der Waals surface area (Å²) in [5.41, 5.74) is 2.63. The predicted octanol–water partition coefficient (Wildman–Crippen LogP) is 2.91. The first kappa shape index (κ1) is 12.4. The van der Waals surface area contributed by atoms with Crippen molar-refractivity contribution in [3.05, 3.63) is 35.9 Å². The van der Waals surface area contributed by atoms with Crippen LogP contribution in [0, 0.1) is 11.8 Å². The second-order valence-corrected chi connectivity index (χ2v) is 7.32. The molecular weight excluding hydrogens is 248 g/mol. The molecule has 4 unspecified atom stereocenters. The Balaban J connectivity index is 1.62. The van der Waals surface area contributed by atoms with Gasteiger partial charge in [-0.25, -0.2) is 0 Å². The minimum absolute atomic E-state index is 0.225. The molecule has 0 aromatic heterocycles. The Labute approximate surface area is 120 Å². The van der Waals surface area contributed by atoms with Crippen LogP contribution in [0.2, 0.25) is 0 Å². The molecule has 2 heterocycles. The number of fused-ring (bicyclic) bond motifs is 5. The van der Waals surface area contributed by atoms with Gasteiger partial charge in [0.2, 0.25) is 0 Å². The van der Waals surface area contributed by atoms with Crippen molar-refractivity contribution in [1.29, 1.82) is 0 Å². The molecule has 1 aromatic rings. The molecular formula is C17H22N2O. The van der Waals surface area contributed by atoms with Gasteiger partial charge in [-0.05, 0) is 38.7 Å². The summed E-state index contributed by atoms with van der Waals surface area (Å²) in [5, 5.41) is 4.44. The average Bonchev–Trinajstić information content (AvgIpc) is 3.10. The number of hydrogen-bond acceptors (Lipinski definition) is 3. The molecule has 0 N–H and O–H groups in total. The molecule has 1 aliphatic carbocycles. The van der Waals surface area contributed by atoms with E-state index in [0.29, 0.717) is 17.9 Å². The van der Waals surface area contributed by atoms with Crippen LogP contribution >= 0.6 is 0 Å². The first-order valence-corrected chi connectivity index (χ1v) is 7.61. The third kappa shape index (κ3) is 1.65. The fourth-order valence-electron chi connectivity index (χ4n) is 4.30. The van der Waals surface area contributed by atoms with Crippen LogP contribution in [0.25, 0.3) is 0 Å². The maximum atomic E-state index is 5.85. The van der Waals surface area contributed by atoms with E-state index in [4.69, 9.17) is 4.84 Å². The van der Waals surface area contributed by atoms with Gasteiger partial charge in [0.15, 0.2) is 6.10 Å². The summed E-state index contributed by atoms with van der Waals surface area (Å²) in [7, 11) is 0. The van der Waals surface area contributed by atoms with Gasteiger partial charge in [-0.15, -0.1) is 0 Å². The second kappa shape index (κ2) is 4.08. The molecule has 0 radical (unpaired) electrons. The smallest absolute Gasteiger partial charge is 0.151 e. The molecule has 2 aliphatic heterocycles. The Bertz CT molecular complexity index is 546. The first-order chi connectivity index (χ1) is 9.55. The van der Waals surface area contributed by atoms with E-state index in [0.717, 1.165) is 0 Å².